The van der Waals surface area contributed by atoms with E-state index in [0.717, 1.165) is 29.7 Å². The topological polar surface area (TPSA) is 25.8 Å². The highest BCUT2D eigenvalue weighted by Gasteiger charge is 2.06. The summed E-state index contributed by atoms with van der Waals surface area (Å²) < 4.78 is 12.9. The molecule has 18 heavy (non-hydrogen) atoms. The second-order valence-corrected chi connectivity index (χ2v) is 4.36. The minimum atomic E-state index is -0.222. The van der Waals surface area contributed by atoms with Crippen LogP contribution in [-0.2, 0) is 6.42 Å². The number of aromatic nitrogens is 2. The minimum absolute atomic E-state index is 0.222. The quantitative estimate of drug-likeness (QED) is 0.742. The van der Waals surface area contributed by atoms with Gasteiger partial charge in [-0.25, -0.2) is 14.4 Å². The van der Waals surface area contributed by atoms with E-state index in [1.54, 1.807) is 18.5 Å². The molecule has 0 atom stereocenters. The lowest BCUT2D eigenvalue weighted by atomic mass is 10.0. The van der Waals surface area contributed by atoms with Crippen LogP contribution in [0.3, 0.4) is 0 Å². The molecule has 0 fully saturated rings. The highest BCUT2D eigenvalue weighted by molar-refractivity contribution is 5.62. The Morgan fingerprint density at radius 1 is 1.11 bits per heavy atom. The standard InChI is InChI=1S/C15H17FN2/c1-2-3-4-5-13-10-17-11-18-15(13)12-6-8-14(16)9-7-12/h6-11H,2-5H2,1H3. The molecular weight excluding hydrogens is 227 g/mol. The van der Waals surface area contributed by atoms with Gasteiger partial charge in [0.05, 0.1) is 5.69 Å². The lowest BCUT2D eigenvalue weighted by molar-refractivity contribution is 0.628. The van der Waals surface area contributed by atoms with Gasteiger partial charge in [0, 0.05) is 11.8 Å². The van der Waals surface area contributed by atoms with Crippen molar-refractivity contribution in [3.8, 4) is 11.3 Å². The molecule has 0 spiro atoms. The first-order valence-electron chi connectivity index (χ1n) is 6.36. The van der Waals surface area contributed by atoms with Crippen molar-refractivity contribution in [3.63, 3.8) is 0 Å². The molecule has 0 aliphatic rings. The van der Waals surface area contributed by atoms with Crippen LogP contribution < -0.4 is 0 Å². The average molecular weight is 244 g/mol. The van der Waals surface area contributed by atoms with Crippen molar-refractivity contribution in [1.29, 1.82) is 0 Å². The number of nitrogens with zero attached hydrogens (tertiary/aromatic N) is 2. The zero-order chi connectivity index (χ0) is 12.8. The molecule has 0 radical (unpaired) electrons. The predicted octanol–water partition coefficient (Wildman–Crippen LogP) is 4.02. The number of halogens is 1. The Bertz CT molecular complexity index is 494. The van der Waals surface area contributed by atoms with E-state index >= 15 is 0 Å². The molecule has 0 amide bonds. The van der Waals surface area contributed by atoms with E-state index in [4.69, 9.17) is 0 Å². The van der Waals surface area contributed by atoms with Crippen molar-refractivity contribution in [3.05, 3.63) is 48.2 Å². The summed E-state index contributed by atoms with van der Waals surface area (Å²) in [4.78, 5) is 8.41. The number of aryl methyl sites for hydroxylation is 1. The van der Waals surface area contributed by atoms with Crippen LogP contribution in [0.1, 0.15) is 31.7 Å². The molecule has 3 heteroatoms. The molecule has 2 rings (SSSR count). The highest BCUT2D eigenvalue weighted by atomic mass is 19.1. The fourth-order valence-corrected chi connectivity index (χ4v) is 1.97. The molecule has 0 aliphatic carbocycles. The molecule has 0 N–H and O–H groups in total. The van der Waals surface area contributed by atoms with Crippen LogP contribution in [0.5, 0.6) is 0 Å². The molecule has 0 bridgehead atoms. The van der Waals surface area contributed by atoms with Crippen LogP contribution in [0.2, 0.25) is 0 Å². The van der Waals surface area contributed by atoms with E-state index in [1.165, 1.54) is 25.0 Å². The van der Waals surface area contributed by atoms with Gasteiger partial charge in [0.1, 0.15) is 12.1 Å². The summed E-state index contributed by atoms with van der Waals surface area (Å²) in [7, 11) is 0. The SMILES string of the molecule is CCCCCc1cncnc1-c1ccc(F)cc1. The van der Waals surface area contributed by atoms with Gasteiger partial charge in [0.25, 0.3) is 0 Å². The van der Waals surface area contributed by atoms with Crippen molar-refractivity contribution < 1.29 is 4.39 Å². The second kappa shape index (κ2) is 6.24. The molecule has 2 aromatic rings. The fraction of sp³-hybridized carbons (Fsp3) is 0.333. The largest absolute Gasteiger partial charge is 0.244 e. The van der Waals surface area contributed by atoms with Crippen LogP contribution in [0.25, 0.3) is 11.3 Å². The van der Waals surface area contributed by atoms with Gasteiger partial charge in [-0.3, -0.25) is 0 Å². The van der Waals surface area contributed by atoms with Crippen molar-refractivity contribution in [2.75, 3.05) is 0 Å². The van der Waals surface area contributed by atoms with Crippen molar-refractivity contribution in [1.82, 2.24) is 9.97 Å². The van der Waals surface area contributed by atoms with Gasteiger partial charge in [-0.15, -0.1) is 0 Å². The maximum Gasteiger partial charge on any atom is 0.123 e. The normalized spacial score (nSPS) is 10.6. The van der Waals surface area contributed by atoms with Crippen molar-refractivity contribution >= 4 is 0 Å². The van der Waals surface area contributed by atoms with Crippen LogP contribution in [0.4, 0.5) is 4.39 Å². The molecule has 0 unspecified atom stereocenters. The number of hydrogen-bond acceptors (Lipinski definition) is 2. The zero-order valence-corrected chi connectivity index (χ0v) is 10.6. The molecule has 1 aromatic heterocycles. The summed E-state index contributed by atoms with van der Waals surface area (Å²) in [5, 5.41) is 0. The number of benzene rings is 1. The van der Waals surface area contributed by atoms with E-state index in [1.807, 2.05) is 6.20 Å². The summed E-state index contributed by atoms with van der Waals surface area (Å²) in [5.41, 5.74) is 3.00. The number of hydrogen-bond donors (Lipinski definition) is 0. The van der Waals surface area contributed by atoms with Gasteiger partial charge in [0.15, 0.2) is 0 Å². The Morgan fingerprint density at radius 3 is 2.61 bits per heavy atom. The van der Waals surface area contributed by atoms with E-state index in [0.29, 0.717) is 0 Å². The van der Waals surface area contributed by atoms with E-state index in [-0.39, 0.29) is 5.82 Å². The van der Waals surface area contributed by atoms with Crippen LogP contribution in [0, 0.1) is 5.82 Å². The first-order valence-corrected chi connectivity index (χ1v) is 6.36. The zero-order valence-electron chi connectivity index (χ0n) is 10.6. The van der Waals surface area contributed by atoms with E-state index < -0.39 is 0 Å². The van der Waals surface area contributed by atoms with Gasteiger partial charge in [-0.1, -0.05) is 19.8 Å². The average Bonchev–Trinajstić information content (AvgIpc) is 2.41. The minimum Gasteiger partial charge on any atom is -0.244 e. The maximum atomic E-state index is 12.9. The van der Waals surface area contributed by atoms with Gasteiger partial charge in [0.2, 0.25) is 0 Å². The van der Waals surface area contributed by atoms with Crippen LogP contribution in [0.15, 0.2) is 36.8 Å². The van der Waals surface area contributed by atoms with Crippen molar-refractivity contribution in [2.45, 2.75) is 32.6 Å². The summed E-state index contributed by atoms with van der Waals surface area (Å²) in [5.74, 6) is -0.222. The smallest absolute Gasteiger partial charge is 0.123 e. The molecule has 94 valence electrons. The fourth-order valence-electron chi connectivity index (χ4n) is 1.97. The van der Waals surface area contributed by atoms with E-state index in [2.05, 4.69) is 16.9 Å². The third-order valence-electron chi connectivity index (χ3n) is 2.96. The summed E-state index contributed by atoms with van der Waals surface area (Å²) >= 11 is 0. The monoisotopic (exact) mass is 244 g/mol. The summed E-state index contributed by atoms with van der Waals surface area (Å²) in [6.07, 6.45) is 7.92. The summed E-state index contributed by atoms with van der Waals surface area (Å²) in [6, 6.07) is 6.46. The van der Waals surface area contributed by atoms with Gasteiger partial charge in [-0.05, 0) is 42.7 Å². The van der Waals surface area contributed by atoms with E-state index in [9.17, 15) is 4.39 Å². The van der Waals surface area contributed by atoms with Crippen LogP contribution >= 0.6 is 0 Å². The Labute approximate surface area is 107 Å². The van der Waals surface area contributed by atoms with Crippen molar-refractivity contribution in [2.24, 2.45) is 0 Å². The number of rotatable bonds is 5. The molecule has 1 aromatic carbocycles. The van der Waals surface area contributed by atoms with Crippen LogP contribution in [-0.4, -0.2) is 9.97 Å². The van der Waals surface area contributed by atoms with Gasteiger partial charge < -0.3 is 0 Å². The lowest BCUT2D eigenvalue weighted by Gasteiger charge is -2.07. The number of unbranched alkanes of at least 4 members (excludes halogenated alkanes) is 2. The Hall–Kier alpha value is -1.77. The predicted molar refractivity (Wildman–Crippen MR) is 70.7 cm³/mol. The van der Waals surface area contributed by atoms with Gasteiger partial charge in [-0.2, -0.15) is 0 Å². The third kappa shape index (κ3) is 3.13. The molecular formula is C15H17FN2. The second-order valence-electron chi connectivity index (χ2n) is 4.36. The third-order valence-corrected chi connectivity index (χ3v) is 2.96. The van der Waals surface area contributed by atoms with Gasteiger partial charge >= 0.3 is 0 Å². The lowest BCUT2D eigenvalue weighted by Crippen LogP contribution is -1.95. The molecule has 2 nitrogen and oxygen atoms in total. The molecule has 0 saturated carbocycles. The Balaban J connectivity index is 2.23. The maximum absolute atomic E-state index is 12.9. The molecule has 0 saturated heterocycles. The molecule has 1 heterocycles. The Morgan fingerprint density at radius 2 is 1.89 bits per heavy atom. The highest BCUT2D eigenvalue weighted by Crippen LogP contribution is 2.22. The Kier molecular flexibility index (Phi) is 4.40. The first-order chi connectivity index (χ1) is 8.81. The summed E-state index contributed by atoms with van der Waals surface area (Å²) in [6.45, 7) is 2.18. The first kappa shape index (κ1) is 12.7. The molecule has 0 aliphatic heterocycles.